The van der Waals surface area contributed by atoms with Gasteiger partial charge in [0.2, 0.25) is 23.6 Å². The smallest absolute Gasteiger partial charge is 0.245 e. The Bertz CT molecular complexity index is 756. The highest BCUT2D eigenvalue weighted by Gasteiger charge is 2.33. The minimum Gasteiger partial charge on any atom is -0.391 e. The van der Waals surface area contributed by atoms with Gasteiger partial charge in [-0.1, -0.05) is 20.3 Å². The van der Waals surface area contributed by atoms with E-state index in [2.05, 4.69) is 26.3 Å². The van der Waals surface area contributed by atoms with Crippen molar-refractivity contribution in [3.05, 3.63) is 0 Å². The summed E-state index contributed by atoms with van der Waals surface area (Å²) in [6.07, 6.45) is 0.482. The van der Waals surface area contributed by atoms with Crippen molar-refractivity contribution in [3.63, 3.8) is 0 Å². The van der Waals surface area contributed by atoms with Crippen molar-refractivity contribution in [1.82, 2.24) is 21.3 Å². The third-order valence-electron chi connectivity index (χ3n) is 5.18. The first-order valence-electron chi connectivity index (χ1n) is 11.5. The van der Waals surface area contributed by atoms with Crippen LogP contribution in [0.15, 0.2) is 4.99 Å². The van der Waals surface area contributed by atoms with E-state index in [9.17, 15) is 29.1 Å². The van der Waals surface area contributed by atoms with Gasteiger partial charge in [-0.3, -0.25) is 24.2 Å². The first-order chi connectivity index (χ1) is 16.3. The van der Waals surface area contributed by atoms with Crippen LogP contribution in [-0.2, 0) is 24.0 Å². The quantitative estimate of drug-likeness (QED) is 0.0454. The van der Waals surface area contributed by atoms with Crippen molar-refractivity contribution in [2.45, 2.75) is 77.2 Å². The van der Waals surface area contributed by atoms with Gasteiger partial charge in [-0.25, -0.2) is 0 Å². The fourth-order valence-corrected chi connectivity index (χ4v) is 2.88. The molecule has 0 radical (unpaired) electrons. The molecule has 6 atom stereocenters. The van der Waals surface area contributed by atoms with Crippen LogP contribution in [0, 0.1) is 5.92 Å². The van der Waals surface area contributed by atoms with Crippen LogP contribution in [0.2, 0.25) is 0 Å². The van der Waals surface area contributed by atoms with Crippen LogP contribution in [0.4, 0.5) is 0 Å². The molecule has 0 saturated carbocycles. The largest absolute Gasteiger partial charge is 0.391 e. The van der Waals surface area contributed by atoms with Gasteiger partial charge in [-0.2, -0.15) is 0 Å². The summed E-state index contributed by atoms with van der Waals surface area (Å²) in [5, 5.41) is 19.7. The summed E-state index contributed by atoms with van der Waals surface area (Å²) in [7, 11) is 0. The summed E-state index contributed by atoms with van der Waals surface area (Å²) in [5.74, 6) is -3.07. The molecule has 35 heavy (non-hydrogen) atoms. The number of aliphatic hydroxyl groups is 1. The van der Waals surface area contributed by atoms with Crippen LogP contribution in [0.25, 0.3) is 0 Å². The highest BCUT2D eigenvalue weighted by molar-refractivity contribution is 5.94. The number of carbonyl (C=O) groups is 5. The number of hydrogen-bond acceptors (Lipinski definition) is 8. The number of carbonyl (C=O) groups excluding carboxylic acids is 5. The molecular formula is C21H40N8O6. The molecular weight excluding hydrogens is 460 g/mol. The van der Waals surface area contributed by atoms with E-state index in [1.165, 1.54) is 13.8 Å². The predicted octanol–water partition coefficient (Wildman–Crippen LogP) is -3.42. The number of aliphatic hydroxyl groups excluding tert-OH is 1. The molecule has 11 N–H and O–H groups in total. The number of aldehydes is 1. The zero-order valence-electron chi connectivity index (χ0n) is 20.7. The zero-order chi connectivity index (χ0) is 27.1. The molecule has 0 aromatic rings. The molecule has 14 nitrogen and oxygen atoms in total. The Morgan fingerprint density at radius 1 is 0.971 bits per heavy atom. The monoisotopic (exact) mass is 500 g/mol. The number of nitrogens with one attached hydrogen (secondary N) is 4. The number of rotatable bonds is 16. The Morgan fingerprint density at radius 3 is 2.09 bits per heavy atom. The van der Waals surface area contributed by atoms with Gasteiger partial charge in [0.1, 0.15) is 18.4 Å². The van der Waals surface area contributed by atoms with Gasteiger partial charge >= 0.3 is 0 Å². The number of guanidine groups is 1. The zero-order valence-corrected chi connectivity index (χ0v) is 20.7. The highest BCUT2D eigenvalue weighted by atomic mass is 16.3. The molecule has 0 fully saturated rings. The molecule has 0 unspecified atom stereocenters. The second-order valence-corrected chi connectivity index (χ2v) is 8.36. The lowest BCUT2D eigenvalue weighted by atomic mass is 9.97. The van der Waals surface area contributed by atoms with Crippen LogP contribution in [-0.4, -0.2) is 84.3 Å². The Balaban J connectivity index is 5.15. The Kier molecular flexibility index (Phi) is 14.9. The maximum atomic E-state index is 13.0. The SMILES string of the molecule is CC[C@H](C)[C@H](NC(=O)[C@H](N)CCCN=C(N)N)C(=O)N[C@H](C(=O)NCC(=O)N[C@@H](C)C=O)[C@H](C)O. The van der Waals surface area contributed by atoms with Crippen LogP contribution in [0.3, 0.4) is 0 Å². The second kappa shape index (κ2) is 16.4. The third-order valence-corrected chi connectivity index (χ3v) is 5.18. The average molecular weight is 501 g/mol. The highest BCUT2D eigenvalue weighted by Crippen LogP contribution is 2.10. The summed E-state index contributed by atoms with van der Waals surface area (Å²) in [6, 6.07) is -4.06. The molecule has 14 heteroatoms. The molecule has 0 aliphatic heterocycles. The van der Waals surface area contributed by atoms with Gasteiger partial charge < -0.3 is 48.4 Å². The van der Waals surface area contributed by atoms with E-state index >= 15 is 0 Å². The standard InChI is InChI=1S/C21H40N8O6/c1-5-11(2)16(28-18(33)14(22)7-6-8-25-21(23)24)20(35)29-17(13(4)31)19(34)26-9-15(32)27-12(3)10-30/h10-14,16-17,31H,5-9,22H2,1-4H3,(H,26,34)(H,27,32)(H,28,33)(H,29,35)(H4,23,24,25)/t11-,12-,13-,14+,16-,17-/m0/s1. The lowest BCUT2D eigenvalue weighted by molar-refractivity contribution is -0.135. The molecule has 0 aromatic carbocycles. The summed E-state index contributed by atoms with van der Waals surface area (Å²) in [4.78, 5) is 64.2. The van der Waals surface area contributed by atoms with Crippen LogP contribution in [0.5, 0.6) is 0 Å². The van der Waals surface area contributed by atoms with Crippen LogP contribution in [0.1, 0.15) is 47.0 Å². The van der Waals surface area contributed by atoms with Crippen molar-refractivity contribution in [2.24, 2.45) is 28.1 Å². The van der Waals surface area contributed by atoms with E-state index in [-0.39, 0.29) is 18.3 Å². The van der Waals surface area contributed by atoms with Crippen molar-refractivity contribution in [3.8, 4) is 0 Å². The van der Waals surface area contributed by atoms with Gasteiger partial charge in [-0.05, 0) is 32.6 Å². The first-order valence-corrected chi connectivity index (χ1v) is 11.5. The summed E-state index contributed by atoms with van der Waals surface area (Å²) >= 11 is 0. The van der Waals surface area contributed by atoms with E-state index in [1.54, 1.807) is 6.92 Å². The fourth-order valence-electron chi connectivity index (χ4n) is 2.88. The number of aliphatic imine (C=N–C) groups is 1. The van der Waals surface area contributed by atoms with Gasteiger partial charge in [0.05, 0.1) is 24.7 Å². The van der Waals surface area contributed by atoms with Gasteiger partial charge in [-0.15, -0.1) is 0 Å². The summed E-state index contributed by atoms with van der Waals surface area (Å²) in [5.41, 5.74) is 16.4. The fraction of sp³-hybridized carbons (Fsp3) is 0.714. The number of nitrogens with two attached hydrogens (primary N) is 3. The Hall–Kier alpha value is -3.26. The Morgan fingerprint density at radius 2 is 1.57 bits per heavy atom. The molecule has 0 spiro atoms. The summed E-state index contributed by atoms with van der Waals surface area (Å²) < 4.78 is 0. The minimum absolute atomic E-state index is 0.0654. The molecule has 4 amide bonds. The molecule has 0 heterocycles. The van der Waals surface area contributed by atoms with E-state index < -0.39 is 60.4 Å². The topological polar surface area (TPSA) is 244 Å². The summed E-state index contributed by atoms with van der Waals surface area (Å²) in [6.45, 7) is 6.16. The minimum atomic E-state index is -1.39. The van der Waals surface area contributed by atoms with Gasteiger partial charge in [0.25, 0.3) is 0 Å². The van der Waals surface area contributed by atoms with E-state index in [4.69, 9.17) is 17.2 Å². The van der Waals surface area contributed by atoms with Crippen LogP contribution < -0.4 is 38.5 Å². The normalized spacial score (nSPS) is 15.8. The average Bonchev–Trinajstić information content (AvgIpc) is 2.80. The van der Waals surface area contributed by atoms with Gasteiger partial charge in [0, 0.05) is 6.54 Å². The van der Waals surface area contributed by atoms with E-state index in [0.717, 1.165) is 0 Å². The maximum Gasteiger partial charge on any atom is 0.245 e. The lowest BCUT2D eigenvalue weighted by Crippen LogP contribution is -2.60. The Labute approximate surface area is 205 Å². The lowest BCUT2D eigenvalue weighted by Gasteiger charge is -2.28. The van der Waals surface area contributed by atoms with E-state index in [1.807, 2.05) is 6.92 Å². The maximum absolute atomic E-state index is 13.0. The molecule has 0 rings (SSSR count). The predicted molar refractivity (Wildman–Crippen MR) is 130 cm³/mol. The van der Waals surface area contributed by atoms with Gasteiger partial charge in [0.15, 0.2) is 5.96 Å². The number of nitrogens with zero attached hydrogens (tertiary/aromatic N) is 1. The molecule has 0 aromatic heterocycles. The van der Waals surface area contributed by atoms with Crippen molar-refractivity contribution < 1.29 is 29.1 Å². The first kappa shape index (κ1) is 31.7. The molecule has 0 bridgehead atoms. The molecule has 0 saturated heterocycles. The second-order valence-electron chi connectivity index (χ2n) is 8.36. The number of amides is 4. The van der Waals surface area contributed by atoms with E-state index in [0.29, 0.717) is 25.7 Å². The third kappa shape index (κ3) is 12.7. The van der Waals surface area contributed by atoms with Crippen molar-refractivity contribution >= 4 is 35.9 Å². The van der Waals surface area contributed by atoms with Crippen molar-refractivity contribution in [2.75, 3.05) is 13.1 Å². The van der Waals surface area contributed by atoms with Crippen LogP contribution >= 0.6 is 0 Å². The molecule has 0 aliphatic rings. The molecule has 200 valence electrons. The number of hydrogen-bond donors (Lipinski definition) is 8. The molecule has 0 aliphatic carbocycles. The van der Waals surface area contributed by atoms with Crippen molar-refractivity contribution in [1.29, 1.82) is 0 Å².